The van der Waals surface area contributed by atoms with Gasteiger partial charge in [-0.1, -0.05) is 29.3 Å². The van der Waals surface area contributed by atoms with E-state index in [0.717, 1.165) is 18.5 Å². The topological polar surface area (TPSA) is 96.3 Å². The Labute approximate surface area is 195 Å². The highest BCUT2D eigenvalue weighted by atomic mass is 35.5. The van der Waals surface area contributed by atoms with E-state index in [2.05, 4.69) is 15.7 Å². The first-order valence-electron chi connectivity index (χ1n) is 10.3. The van der Waals surface area contributed by atoms with E-state index >= 15 is 0 Å². The maximum absolute atomic E-state index is 12.8. The summed E-state index contributed by atoms with van der Waals surface area (Å²) in [6, 6.07) is 11.3. The Kier molecular flexibility index (Phi) is 6.67. The number of benzene rings is 2. The molecule has 2 aromatic carbocycles. The van der Waals surface area contributed by atoms with Crippen molar-refractivity contribution in [1.82, 2.24) is 20.4 Å². The average Bonchev–Trinajstić information content (AvgIpc) is 3.51. The third kappa shape index (κ3) is 5.06. The number of aromatic nitrogens is 2. The summed E-state index contributed by atoms with van der Waals surface area (Å²) in [4.78, 5) is 24.9. The normalized spacial score (nSPS) is 13.1. The molecule has 0 bridgehead atoms. The van der Waals surface area contributed by atoms with E-state index in [-0.39, 0.29) is 23.5 Å². The molecule has 9 heteroatoms. The first-order valence-corrected chi connectivity index (χ1v) is 11.1. The van der Waals surface area contributed by atoms with E-state index in [0.29, 0.717) is 46.4 Å². The Morgan fingerprint density at radius 1 is 1.06 bits per heavy atom. The highest BCUT2D eigenvalue weighted by molar-refractivity contribution is 6.35. The van der Waals surface area contributed by atoms with E-state index in [4.69, 9.17) is 23.2 Å². The highest BCUT2D eigenvalue weighted by Gasteiger charge is 2.33. The highest BCUT2D eigenvalue weighted by Crippen LogP contribution is 2.43. The van der Waals surface area contributed by atoms with Gasteiger partial charge in [0, 0.05) is 29.6 Å². The molecular formula is C23H22Cl2N4O3. The number of phenolic OH excluding ortho intramolecular Hbond substituents is 1. The van der Waals surface area contributed by atoms with Crippen LogP contribution in [0.2, 0.25) is 10.0 Å². The number of carbonyl (C=O) groups is 2. The van der Waals surface area contributed by atoms with Gasteiger partial charge in [-0.05, 0) is 55.7 Å². The lowest BCUT2D eigenvalue weighted by atomic mass is 10.1. The van der Waals surface area contributed by atoms with Gasteiger partial charge < -0.3 is 15.7 Å². The van der Waals surface area contributed by atoms with Crippen molar-refractivity contribution in [3.05, 3.63) is 75.5 Å². The van der Waals surface area contributed by atoms with Crippen LogP contribution in [0.4, 0.5) is 0 Å². The SMILES string of the molecule is O=C(NCCCNC(=O)c1cnn(-c2ccc(Cl)cc2Cl)c1C1CC1)c1cccc(O)c1. The van der Waals surface area contributed by atoms with Gasteiger partial charge in [0.05, 0.1) is 28.2 Å². The van der Waals surface area contributed by atoms with Crippen molar-refractivity contribution in [2.45, 2.75) is 25.2 Å². The van der Waals surface area contributed by atoms with Crippen LogP contribution < -0.4 is 10.6 Å². The molecule has 0 spiro atoms. The Balaban J connectivity index is 1.35. The van der Waals surface area contributed by atoms with Crippen LogP contribution in [0.5, 0.6) is 5.75 Å². The second-order valence-corrected chi connectivity index (χ2v) is 8.48. The summed E-state index contributed by atoms with van der Waals surface area (Å²) < 4.78 is 1.72. The standard InChI is InChI=1S/C23H22Cl2N4O3/c24-16-7-8-20(19(25)12-16)29-21(14-5-6-14)18(13-28-29)23(32)27-10-2-9-26-22(31)15-3-1-4-17(30)11-15/h1,3-4,7-8,11-14,30H,2,5-6,9-10H2,(H,26,31)(H,27,32). The minimum absolute atomic E-state index is 0.0387. The van der Waals surface area contributed by atoms with Gasteiger partial charge in [-0.25, -0.2) is 4.68 Å². The predicted molar refractivity (Wildman–Crippen MR) is 123 cm³/mol. The number of hydrogen-bond acceptors (Lipinski definition) is 4. The monoisotopic (exact) mass is 472 g/mol. The largest absolute Gasteiger partial charge is 0.508 e. The zero-order valence-electron chi connectivity index (χ0n) is 17.1. The molecule has 1 heterocycles. The molecule has 1 saturated carbocycles. The number of halogens is 2. The first kappa shape index (κ1) is 22.2. The summed E-state index contributed by atoms with van der Waals surface area (Å²) in [5, 5.41) is 20.6. The molecule has 0 radical (unpaired) electrons. The minimum Gasteiger partial charge on any atom is -0.508 e. The number of aromatic hydroxyl groups is 1. The van der Waals surface area contributed by atoms with Gasteiger partial charge in [-0.2, -0.15) is 5.10 Å². The van der Waals surface area contributed by atoms with E-state index < -0.39 is 0 Å². The molecule has 2 amide bonds. The summed E-state index contributed by atoms with van der Waals surface area (Å²) in [6.07, 6.45) is 4.13. The fourth-order valence-electron chi connectivity index (χ4n) is 3.46. The van der Waals surface area contributed by atoms with Gasteiger partial charge >= 0.3 is 0 Å². The quantitative estimate of drug-likeness (QED) is 0.425. The number of nitrogens with zero attached hydrogens (tertiary/aromatic N) is 2. The minimum atomic E-state index is -0.274. The molecule has 1 fully saturated rings. The van der Waals surface area contributed by atoms with Crippen LogP contribution >= 0.6 is 23.2 Å². The average molecular weight is 473 g/mol. The zero-order chi connectivity index (χ0) is 22.7. The molecule has 7 nitrogen and oxygen atoms in total. The van der Waals surface area contributed by atoms with Crippen molar-refractivity contribution in [2.75, 3.05) is 13.1 Å². The van der Waals surface area contributed by atoms with Crippen molar-refractivity contribution in [3.8, 4) is 11.4 Å². The number of carbonyl (C=O) groups excluding carboxylic acids is 2. The summed E-state index contributed by atoms with van der Waals surface area (Å²) >= 11 is 12.4. The summed E-state index contributed by atoms with van der Waals surface area (Å²) in [5.74, 6) is -0.171. The molecule has 1 aromatic heterocycles. The van der Waals surface area contributed by atoms with Crippen LogP contribution in [0.1, 0.15) is 51.6 Å². The molecule has 0 atom stereocenters. The van der Waals surface area contributed by atoms with Crippen LogP contribution in [-0.2, 0) is 0 Å². The molecule has 3 N–H and O–H groups in total. The number of amides is 2. The molecule has 32 heavy (non-hydrogen) atoms. The fraction of sp³-hybridized carbons (Fsp3) is 0.261. The maximum Gasteiger partial charge on any atom is 0.254 e. The van der Waals surface area contributed by atoms with Gasteiger partial charge in [0.25, 0.3) is 11.8 Å². The lowest BCUT2D eigenvalue weighted by Crippen LogP contribution is -2.30. The van der Waals surface area contributed by atoms with Crippen LogP contribution in [0, 0.1) is 0 Å². The number of hydrogen-bond donors (Lipinski definition) is 3. The lowest BCUT2D eigenvalue weighted by molar-refractivity contribution is 0.0951. The fourth-order valence-corrected chi connectivity index (χ4v) is 3.95. The molecule has 0 aliphatic heterocycles. The second kappa shape index (κ2) is 9.63. The smallest absolute Gasteiger partial charge is 0.254 e. The van der Waals surface area contributed by atoms with Crippen LogP contribution in [-0.4, -0.2) is 39.8 Å². The van der Waals surface area contributed by atoms with Crippen LogP contribution in [0.25, 0.3) is 5.69 Å². The van der Waals surface area contributed by atoms with Crippen molar-refractivity contribution in [2.24, 2.45) is 0 Å². The Morgan fingerprint density at radius 3 is 2.50 bits per heavy atom. The van der Waals surface area contributed by atoms with Crippen LogP contribution in [0.3, 0.4) is 0 Å². The van der Waals surface area contributed by atoms with Gasteiger partial charge in [0.1, 0.15) is 5.75 Å². The Bertz CT molecular complexity index is 1160. The number of rotatable bonds is 8. The first-order chi connectivity index (χ1) is 15.4. The van der Waals surface area contributed by atoms with E-state index in [9.17, 15) is 14.7 Å². The maximum atomic E-state index is 12.8. The third-order valence-electron chi connectivity index (χ3n) is 5.19. The molecule has 166 valence electrons. The van der Waals surface area contributed by atoms with Gasteiger partial charge in [0.2, 0.25) is 0 Å². The molecule has 3 aromatic rings. The molecule has 1 aliphatic carbocycles. The number of nitrogens with one attached hydrogen (secondary N) is 2. The van der Waals surface area contributed by atoms with Gasteiger partial charge in [-0.3, -0.25) is 9.59 Å². The van der Waals surface area contributed by atoms with Crippen molar-refractivity contribution < 1.29 is 14.7 Å². The summed E-state index contributed by atoms with van der Waals surface area (Å²) in [5.41, 5.74) is 2.45. The van der Waals surface area contributed by atoms with Gasteiger partial charge in [0.15, 0.2) is 0 Å². The van der Waals surface area contributed by atoms with Crippen molar-refractivity contribution in [1.29, 1.82) is 0 Å². The molecule has 0 saturated heterocycles. The molecular weight excluding hydrogens is 451 g/mol. The van der Waals surface area contributed by atoms with E-state index in [1.807, 2.05) is 0 Å². The number of phenols is 1. The molecule has 1 aliphatic rings. The third-order valence-corrected chi connectivity index (χ3v) is 5.72. The lowest BCUT2D eigenvalue weighted by Gasteiger charge is -2.11. The van der Waals surface area contributed by atoms with Crippen molar-refractivity contribution >= 4 is 35.0 Å². The van der Waals surface area contributed by atoms with Crippen LogP contribution in [0.15, 0.2) is 48.7 Å². The van der Waals surface area contributed by atoms with Gasteiger partial charge in [-0.15, -0.1) is 0 Å². The van der Waals surface area contributed by atoms with Crippen molar-refractivity contribution in [3.63, 3.8) is 0 Å². The Hall–Kier alpha value is -3.03. The predicted octanol–water partition coefficient (Wildman–Crippen LogP) is 4.31. The summed E-state index contributed by atoms with van der Waals surface area (Å²) in [7, 11) is 0. The van der Waals surface area contributed by atoms with E-state index in [1.54, 1.807) is 41.2 Å². The molecule has 4 rings (SSSR count). The van der Waals surface area contributed by atoms with E-state index in [1.165, 1.54) is 12.1 Å². The second-order valence-electron chi connectivity index (χ2n) is 7.64. The summed E-state index contributed by atoms with van der Waals surface area (Å²) in [6.45, 7) is 0.792. The zero-order valence-corrected chi connectivity index (χ0v) is 18.7. The molecule has 0 unspecified atom stereocenters. The Morgan fingerprint density at radius 2 is 1.81 bits per heavy atom.